The molecular formula is C15H11F2N3O. The third kappa shape index (κ3) is 3.61. The Labute approximate surface area is 120 Å². The second-order valence-electron chi connectivity index (χ2n) is 4.01. The van der Waals surface area contributed by atoms with E-state index in [9.17, 15) is 13.6 Å². The van der Waals surface area contributed by atoms with E-state index in [2.05, 4.69) is 22.1 Å². The molecule has 0 aliphatic carbocycles. The molecule has 1 aromatic carbocycles. The van der Waals surface area contributed by atoms with Gasteiger partial charge in [0, 0.05) is 6.20 Å². The molecule has 0 saturated heterocycles. The molecule has 0 unspecified atom stereocenters. The van der Waals surface area contributed by atoms with E-state index in [4.69, 9.17) is 5.73 Å². The number of anilines is 1. The van der Waals surface area contributed by atoms with E-state index < -0.39 is 17.5 Å². The smallest absolute Gasteiger partial charge is 0.258 e. The fraction of sp³-hybridized carbons (Fsp3) is 0.0667. The lowest BCUT2D eigenvalue weighted by atomic mass is 10.1. The largest absolute Gasteiger partial charge is 0.321 e. The molecule has 1 aromatic heterocycles. The van der Waals surface area contributed by atoms with Crippen LogP contribution in [-0.2, 0) is 0 Å². The van der Waals surface area contributed by atoms with Gasteiger partial charge in [0.2, 0.25) is 0 Å². The first-order valence-electron chi connectivity index (χ1n) is 6.01. The highest BCUT2D eigenvalue weighted by Crippen LogP contribution is 2.17. The number of halogens is 2. The van der Waals surface area contributed by atoms with Crippen molar-refractivity contribution < 1.29 is 13.6 Å². The van der Waals surface area contributed by atoms with Crippen LogP contribution >= 0.6 is 0 Å². The van der Waals surface area contributed by atoms with E-state index in [1.165, 1.54) is 30.5 Å². The molecule has 4 nitrogen and oxygen atoms in total. The minimum atomic E-state index is -0.744. The molecule has 6 heteroatoms. The number of pyridine rings is 1. The Balaban J connectivity index is 2.31. The molecule has 0 bridgehead atoms. The third-order valence-electron chi connectivity index (χ3n) is 2.57. The van der Waals surface area contributed by atoms with Crippen LogP contribution in [0.3, 0.4) is 0 Å². The van der Waals surface area contributed by atoms with Crippen molar-refractivity contribution in [3.05, 3.63) is 59.4 Å². The number of nitrogens with two attached hydrogens (primary N) is 1. The Morgan fingerprint density at radius 2 is 2.14 bits per heavy atom. The summed E-state index contributed by atoms with van der Waals surface area (Å²) in [7, 11) is 0. The molecule has 1 amide bonds. The van der Waals surface area contributed by atoms with Crippen molar-refractivity contribution in [3.8, 4) is 11.8 Å². The van der Waals surface area contributed by atoms with Gasteiger partial charge in [-0.05, 0) is 24.3 Å². The van der Waals surface area contributed by atoms with Gasteiger partial charge < -0.3 is 11.1 Å². The predicted molar refractivity (Wildman–Crippen MR) is 74.5 cm³/mol. The lowest BCUT2D eigenvalue weighted by Gasteiger charge is -2.08. The first-order chi connectivity index (χ1) is 10.1. The highest BCUT2D eigenvalue weighted by atomic mass is 19.1. The predicted octanol–water partition coefficient (Wildman–Crippen LogP) is 1.92. The third-order valence-corrected chi connectivity index (χ3v) is 2.57. The molecule has 2 rings (SSSR count). The molecule has 21 heavy (non-hydrogen) atoms. The van der Waals surface area contributed by atoms with Crippen molar-refractivity contribution >= 4 is 11.6 Å². The van der Waals surface area contributed by atoms with Gasteiger partial charge in [0.15, 0.2) is 5.82 Å². The molecule has 3 N–H and O–H groups in total. The topological polar surface area (TPSA) is 68.0 Å². The Morgan fingerprint density at radius 3 is 2.86 bits per heavy atom. The molecule has 106 valence electrons. The second kappa shape index (κ2) is 6.59. The second-order valence-corrected chi connectivity index (χ2v) is 4.01. The Kier molecular flexibility index (Phi) is 4.59. The number of nitrogens with zero attached hydrogens (tertiary/aromatic N) is 1. The molecule has 0 saturated carbocycles. The van der Waals surface area contributed by atoms with Gasteiger partial charge in [0.25, 0.3) is 5.91 Å². The number of hydrogen-bond acceptors (Lipinski definition) is 3. The molecule has 0 radical (unpaired) electrons. The normalized spacial score (nSPS) is 9.67. The van der Waals surface area contributed by atoms with Gasteiger partial charge >= 0.3 is 0 Å². The maximum atomic E-state index is 13.5. The molecule has 0 aliphatic heterocycles. The summed E-state index contributed by atoms with van der Waals surface area (Å²) in [5.74, 6) is 3.31. The van der Waals surface area contributed by atoms with Crippen molar-refractivity contribution in [2.24, 2.45) is 5.73 Å². The average Bonchev–Trinajstić information content (AvgIpc) is 2.47. The maximum absolute atomic E-state index is 13.5. The summed E-state index contributed by atoms with van der Waals surface area (Å²) >= 11 is 0. The van der Waals surface area contributed by atoms with E-state index in [1.807, 2.05) is 0 Å². The van der Waals surface area contributed by atoms with Crippen molar-refractivity contribution in [1.29, 1.82) is 0 Å². The molecule has 2 aromatic rings. The highest BCUT2D eigenvalue weighted by Gasteiger charge is 2.13. The van der Waals surface area contributed by atoms with Gasteiger partial charge in [-0.2, -0.15) is 0 Å². The van der Waals surface area contributed by atoms with Crippen molar-refractivity contribution in [1.82, 2.24) is 4.98 Å². The summed E-state index contributed by atoms with van der Waals surface area (Å²) in [6.45, 7) is 0.100. The number of carbonyl (C=O) groups is 1. The van der Waals surface area contributed by atoms with Gasteiger partial charge in [0.1, 0.15) is 5.82 Å². The van der Waals surface area contributed by atoms with Crippen molar-refractivity contribution in [2.45, 2.75) is 0 Å². The van der Waals surface area contributed by atoms with Crippen LogP contribution in [0.2, 0.25) is 0 Å². The minimum absolute atomic E-state index is 0.100. The van der Waals surface area contributed by atoms with Crippen LogP contribution in [0.4, 0.5) is 14.5 Å². The van der Waals surface area contributed by atoms with Crippen LogP contribution in [-0.4, -0.2) is 17.4 Å². The molecule has 0 spiro atoms. The number of aromatic nitrogens is 1. The summed E-state index contributed by atoms with van der Waals surface area (Å²) in [4.78, 5) is 15.6. The van der Waals surface area contributed by atoms with Crippen LogP contribution in [0.15, 0.2) is 36.7 Å². The first kappa shape index (κ1) is 14.6. The average molecular weight is 287 g/mol. The minimum Gasteiger partial charge on any atom is -0.321 e. The Morgan fingerprint density at radius 1 is 1.33 bits per heavy atom. The van der Waals surface area contributed by atoms with Crippen LogP contribution < -0.4 is 11.1 Å². The van der Waals surface area contributed by atoms with Crippen LogP contribution in [0.1, 0.15) is 15.9 Å². The summed E-state index contributed by atoms with van der Waals surface area (Å²) < 4.78 is 26.7. The fourth-order valence-electron chi connectivity index (χ4n) is 1.62. The zero-order chi connectivity index (χ0) is 15.2. The highest BCUT2D eigenvalue weighted by molar-refractivity contribution is 6.05. The number of rotatable bonds is 2. The van der Waals surface area contributed by atoms with E-state index in [0.29, 0.717) is 0 Å². The molecular weight excluding hydrogens is 276 g/mol. The SMILES string of the molecule is NCC#Cc1cc(F)ccc1NC(=O)c1ccncc1F. The van der Waals surface area contributed by atoms with E-state index in [1.54, 1.807) is 0 Å². The van der Waals surface area contributed by atoms with Gasteiger partial charge in [0.05, 0.1) is 29.6 Å². The zero-order valence-electron chi connectivity index (χ0n) is 10.9. The van der Waals surface area contributed by atoms with Crippen LogP contribution in [0.5, 0.6) is 0 Å². The molecule has 0 fully saturated rings. The standard InChI is InChI=1S/C15H11F2N3O/c16-11-3-4-14(10(8-11)2-1-6-18)20-15(21)12-5-7-19-9-13(12)17/h3-5,7-9H,6,18H2,(H,20,21). The number of hydrogen-bond donors (Lipinski definition) is 2. The molecule has 0 atom stereocenters. The van der Waals surface area contributed by atoms with Crippen molar-refractivity contribution in [2.75, 3.05) is 11.9 Å². The lowest BCUT2D eigenvalue weighted by Crippen LogP contribution is -2.15. The lowest BCUT2D eigenvalue weighted by molar-refractivity contribution is 0.102. The summed E-state index contributed by atoms with van der Waals surface area (Å²) in [5.41, 5.74) is 5.65. The summed E-state index contributed by atoms with van der Waals surface area (Å²) in [5, 5.41) is 2.49. The zero-order valence-corrected chi connectivity index (χ0v) is 10.9. The number of carbonyl (C=O) groups excluding carboxylic acids is 1. The van der Waals surface area contributed by atoms with E-state index in [-0.39, 0.29) is 23.4 Å². The van der Waals surface area contributed by atoms with Gasteiger partial charge in [-0.1, -0.05) is 11.8 Å². The maximum Gasteiger partial charge on any atom is 0.258 e. The quantitative estimate of drug-likeness (QED) is 0.829. The fourth-order valence-corrected chi connectivity index (χ4v) is 1.62. The number of amides is 1. The van der Waals surface area contributed by atoms with Gasteiger partial charge in [-0.3, -0.25) is 9.78 Å². The molecule has 1 heterocycles. The van der Waals surface area contributed by atoms with Gasteiger partial charge in [-0.25, -0.2) is 8.78 Å². The number of benzene rings is 1. The number of nitrogens with one attached hydrogen (secondary N) is 1. The van der Waals surface area contributed by atoms with Crippen LogP contribution in [0, 0.1) is 23.5 Å². The van der Waals surface area contributed by atoms with Gasteiger partial charge in [-0.15, -0.1) is 0 Å². The van der Waals surface area contributed by atoms with E-state index in [0.717, 1.165) is 6.20 Å². The van der Waals surface area contributed by atoms with E-state index >= 15 is 0 Å². The Bertz CT molecular complexity index is 735. The summed E-state index contributed by atoms with van der Waals surface area (Å²) in [6, 6.07) is 4.94. The molecule has 0 aliphatic rings. The van der Waals surface area contributed by atoms with Crippen molar-refractivity contribution in [3.63, 3.8) is 0 Å². The Hall–Kier alpha value is -2.78. The summed E-state index contributed by atoms with van der Waals surface area (Å²) in [6.07, 6.45) is 2.24. The first-order valence-corrected chi connectivity index (χ1v) is 6.01. The van der Waals surface area contributed by atoms with Crippen LogP contribution in [0.25, 0.3) is 0 Å². The monoisotopic (exact) mass is 287 g/mol.